The van der Waals surface area contributed by atoms with E-state index in [0.717, 1.165) is 5.57 Å². The first-order valence-corrected chi connectivity index (χ1v) is 3.61. The van der Waals surface area contributed by atoms with Gasteiger partial charge in [-0.1, -0.05) is 6.58 Å². The third-order valence-corrected chi connectivity index (χ3v) is 1.95. The first-order chi connectivity index (χ1) is 5.11. The average Bonchev–Trinajstić information content (AvgIpc) is 1.96. The summed E-state index contributed by atoms with van der Waals surface area (Å²) >= 11 is 0. The number of aliphatic hydroxyl groups is 1. The lowest BCUT2D eigenvalue weighted by atomic mass is 9.78. The van der Waals surface area contributed by atoms with Crippen LogP contribution in [0, 0.1) is 5.92 Å². The fourth-order valence-electron chi connectivity index (χ4n) is 1.08. The van der Waals surface area contributed by atoms with Gasteiger partial charge < -0.3 is 9.84 Å². The lowest BCUT2D eigenvalue weighted by molar-refractivity contribution is -0.143. The molecule has 0 saturated heterocycles. The van der Waals surface area contributed by atoms with Crippen LogP contribution >= 0.6 is 0 Å². The second kappa shape index (κ2) is 3.05. The Morgan fingerprint density at radius 2 is 2.55 bits per heavy atom. The maximum Gasteiger partial charge on any atom is 0.302 e. The summed E-state index contributed by atoms with van der Waals surface area (Å²) in [6.45, 7) is 5.40. The molecule has 1 rings (SSSR count). The molecular weight excluding hydrogens is 144 g/mol. The van der Waals surface area contributed by atoms with E-state index in [1.54, 1.807) is 0 Å². The second-order valence-corrected chi connectivity index (χ2v) is 2.83. The molecule has 11 heavy (non-hydrogen) atoms. The van der Waals surface area contributed by atoms with Crippen molar-refractivity contribution in [2.45, 2.75) is 19.4 Å². The molecular formula is C8H12O3. The maximum atomic E-state index is 10.4. The van der Waals surface area contributed by atoms with E-state index in [2.05, 4.69) is 6.58 Å². The number of carbonyl (C=O) groups excluding carboxylic acids is 1. The van der Waals surface area contributed by atoms with E-state index in [0.29, 0.717) is 13.0 Å². The second-order valence-electron chi connectivity index (χ2n) is 2.83. The predicted octanol–water partition coefficient (Wildman–Crippen LogP) is 0.486. The van der Waals surface area contributed by atoms with Crippen molar-refractivity contribution in [2.24, 2.45) is 5.92 Å². The molecule has 0 heterocycles. The van der Waals surface area contributed by atoms with Gasteiger partial charge in [-0.2, -0.15) is 0 Å². The van der Waals surface area contributed by atoms with Crippen LogP contribution in [0.5, 0.6) is 0 Å². The summed E-state index contributed by atoms with van der Waals surface area (Å²) in [6, 6.07) is 0. The molecule has 1 N–H and O–H groups in total. The van der Waals surface area contributed by atoms with E-state index in [4.69, 9.17) is 9.84 Å². The molecule has 3 heteroatoms. The van der Waals surface area contributed by atoms with Gasteiger partial charge in [0.25, 0.3) is 0 Å². The van der Waals surface area contributed by atoms with Gasteiger partial charge in [0, 0.05) is 12.8 Å². The highest BCUT2D eigenvalue weighted by Gasteiger charge is 2.32. The van der Waals surface area contributed by atoms with E-state index in [-0.39, 0.29) is 18.0 Å². The quantitative estimate of drug-likeness (QED) is 0.467. The van der Waals surface area contributed by atoms with Crippen molar-refractivity contribution in [3.8, 4) is 0 Å². The SMILES string of the molecule is C=C1[C@@H](COC(C)=O)C[C@@H]1O. The molecule has 2 atom stereocenters. The van der Waals surface area contributed by atoms with Crippen LogP contribution in [0.1, 0.15) is 13.3 Å². The van der Waals surface area contributed by atoms with Gasteiger partial charge in [0.1, 0.15) is 0 Å². The van der Waals surface area contributed by atoms with Crippen LogP contribution < -0.4 is 0 Å². The van der Waals surface area contributed by atoms with Gasteiger partial charge in [-0.3, -0.25) is 4.79 Å². The first-order valence-electron chi connectivity index (χ1n) is 3.61. The van der Waals surface area contributed by atoms with Gasteiger partial charge in [-0.25, -0.2) is 0 Å². The average molecular weight is 156 g/mol. The number of hydrogen-bond donors (Lipinski definition) is 1. The largest absolute Gasteiger partial charge is 0.465 e. The number of rotatable bonds is 2. The van der Waals surface area contributed by atoms with Crippen LogP contribution in [0.15, 0.2) is 12.2 Å². The molecule has 0 aromatic rings. The van der Waals surface area contributed by atoms with Crippen LogP contribution in [0.25, 0.3) is 0 Å². The Balaban J connectivity index is 2.20. The van der Waals surface area contributed by atoms with Crippen molar-refractivity contribution in [3.63, 3.8) is 0 Å². The third-order valence-electron chi connectivity index (χ3n) is 1.95. The van der Waals surface area contributed by atoms with Crippen LogP contribution in [0.2, 0.25) is 0 Å². The molecule has 1 aliphatic carbocycles. The fraction of sp³-hybridized carbons (Fsp3) is 0.625. The minimum Gasteiger partial charge on any atom is -0.465 e. The van der Waals surface area contributed by atoms with Crippen molar-refractivity contribution in [1.29, 1.82) is 0 Å². The molecule has 0 spiro atoms. The molecule has 0 aromatic heterocycles. The fourth-order valence-corrected chi connectivity index (χ4v) is 1.08. The number of esters is 1. The number of aliphatic hydroxyl groups excluding tert-OH is 1. The number of ether oxygens (including phenoxy) is 1. The summed E-state index contributed by atoms with van der Waals surface area (Å²) < 4.78 is 4.75. The third kappa shape index (κ3) is 1.80. The van der Waals surface area contributed by atoms with Gasteiger partial charge in [0.15, 0.2) is 0 Å². The van der Waals surface area contributed by atoms with Crippen LogP contribution in [-0.4, -0.2) is 23.8 Å². The van der Waals surface area contributed by atoms with Crippen molar-refractivity contribution >= 4 is 5.97 Å². The zero-order valence-electron chi connectivity index (χ0n) is 6.54. The summed E-state index contributed by atoms with van der Waals surface area (Å²) in [4.78, 5) is 10.4. The van der Waals surface area contributed by atoms with Gasteiger partial charge >= 0.3 is 5.97 Å². The molecule has 0 amide bonds. The molecule has 0 aromatic carbocycles. The Morgan fingerprint density at radius 1 is 1.91 bits per heavy atom. The minimum absolute atomic E-state index is 0.175. The molecule has 1 fully saturated rings. The summed E-state index contributed by atoms with van der Waals surface area (Å²) in [6.07, 6.45) is 0.294. The van der Waals surface area contributed by atoms with Crippen molar-refractivity contribution in [3.05, 3.63) is 12.2 Å². The molecule has 0 bridgehead atoms. The first kappa shape index (κ1) is 8.27. The maximum absolute atomic E-state index is 10.4. The predicted molar refractivity (Wildman–Crippen MR) is 39.9 cm³/mol. The van der Waals surface area contributed by atoms with E-state index < -0.39 is 0 Å². The number of hydrogen-bond acceptors (Lipinski definition) is 3. The van der Waals surface area contributed by atoms with Gasteiger partial charge in [0.2, 0.25) is 0 Å². The highest BCUT2D eigenvalue weighted by Crippen LogP contribution is 2.32. The van der Waals surface area contributed by atoms with Crippen LogP contribution in [0.4, 0.5) is 0 Å². The monoisotopic (exact) mass is 156 g/mol. The zero-order valence-corrected chi connectivity index (χ0v) is 6.54. The van der Waals surface area contributed by atoms with E-state index in [9.17, 15) is 4.79 Å². The Morgan fingerprint density at radius 3 is 2.91 bits per heavy atom. The van der Waals surface area contributed by atoms with Crippen molar-refractivity contribution in [1.82, 2.24) is 0 Å². The minimum atomic E-state index is -0.379. The summed E-state index contributed by atoms with van der Waals surface area (Å²) in [5.41, 5.74) is 0.784. The van der Waals surface area contributed by atoms with E-state index in [1.165, 1.54) is 6.92 Å². The molecule has 3 nitrogen and oxygen atoms in total. The van der Waals surface area contributed by atoms with E-state index in [1.807, 2.05) is 0 Å². The molecule has 0 unspecified atom stereocenters. The topological polar surface area (TPSA) is 46.5 Å². The molecule has 1 saturated carbocycles. The Hall–Kier alpha value is -0.830. The summed E-state index contributed by atoms with van der Waals surface area (Å²) in [5, 5.41) is 9.01. The number of carbonyl (C=O) groups is 1. The molecule has 1 aliphatic rings. The molecule has 62 valence electrons. The van der Waals surface area contributed by atoms with Crippen LogP contribution in [-0.2, 0) is 9.53 Å². The van der Waals surface area contributed by atoms with Gasteiger partial charge in [-0.15, -0.1) is 0 Å². The highest BCUT2D eigenvalue weighted by molar-refractivity contribution is 5.65. The molecule has 0 radical (unpaired) electrons. The highest BCUT2D eigenvalue weighted by atomic mass is 16.5. The van der Waals surface area contributed by atoms with Gasteiger partial charge in [0.05, 0.1) is 12.7 Å². The standard InChI is InChI=1S/C8H12O3/c1-5-7(3-8(5)10)4-11-6(2)9/h7-8,10H,1,3-4H2,2H3/t7-,8+/m1/s1. The lowest BCUT2D eigenvalue weighted by Gasteiger charge is -2.33. The summed E-state index contributed by atoms with van der Waals surface area (Å²) in [7, 11) is 0. The van der Waals surface area contributed by atoms with Gasteiger partial charge in [-0.05, 0) is 12.0 Å². The lowest BCUT2D eigenvalue weighted by Crippen LogP contribution is -2.35. The summed E-state index contributed by atoms with van der Waals surface area (Å²) in [5.74, 6) is -0.104. The zero-order chi connectivity index (χ0) is 8.43. The van der Waals surface area contributed by atoms with Crippen LogP contribution in [0.3, 0.4) is 0 Å². The van der Waals surface area contributed by atoms with Crippen molar-refractivity contribution in [2.75, 3.05) is 6.61 Å². The Bertz CT molecular complexity index is 186. The van der Waals surface area contributed by atoms with Crippen molar-refractivity contribution < 1.29 is 14.6 Å². The Labute approximate surface area is 65.7 Å². The molecule has 0 aliphatic heterocycles. The smallest absolute Gasteiger partial charge is 0.302 e. The van der Waals surface area contributed by atoms with E-state index >= 15 is 0 Å². The Kier molecular flexibility index (Phi) is 2.29. The normalized spacial score (nSPS) is 29.5.